The molecule has 0 saturated carbocycles. The normalized spacial score (nSPS) is 17.2. The lowest BCUT2D eigenvalue weighted by Crippen LogP contribution is -2.43. The van der Waals surface area contributed by atoms with E-state index in [0.29, 0.717) is 19.6 Å². The van der Waals surface area contributed by atoms with Crippen LogP contribution in [0.15, 0.2) is 29.2 Å². The average Bonchev–Trinajstić information content (AvgIpc) is 3.28. The lowest BCUT2D eigenvalue weighted by molar-refractivity contribution is -0.131. The molecular formula is C17H22N4O2S. The first-order valence-corrected chi connectivity index (χ1v) is 9.07. The highest BCUT2D eigenvalue weighted by atomic mass is 32.1. The molecule has 1 aliphatic heterocycles. The Balaban J connectivity index is 1.62. The van der Waals surface area contributed by atoms with Gasteiger partial charge < -0.3 is 14.4 Å². The molecule has 1 aliphatic rings. The van der Waals surface area contributed by atoms with Crippen LogP contribution in [0.4, 0.5) is 0 Å². The quantitative estimate of drug-likeness (QED) is 0.832. The van der Waals surface area contributed by atoms with Gasteiger partial charge in [0.2, 0.25) is 5.91 Å². The highest BCUT2D eigenvalue weighted by Crippen LogP contribution is 2.19. The standard InChI is InChI=1S/C17H22N4O2S/c1-13-18-5-7-19(13)8-9-21(14(2)22)16-3-6-20(11-16)17(23)15-4-10-24-12-15/h4-5,7,10,12,16H,3,6,8-9,11H2,1-2H3. The summed E-state index contributed by atoms with van der Waals surface area (Å²) in [6.45, 7) is 6.22. The molecule has 0 bridgehead atoms. The summed E-state index contributed by atoms with van der Waals surface area (Å²) in [5.41, 5.74) is 0.740. The first-order chi connectivity index (χ1) is 11.6. The topological polar surface area (TPSA) is 58.4 Å². The highest BCUT2D eigenvalue weighted by molar-refractivity contribution is 7.08. The van der Waals surface area contributed by atoms with Crippen LogP contribution in [-0.4, -0.2) is 56.8 Å². The van der Waals surface area contributed by atoms with Gasteiger partial charge in [-0.2, -0.15) is 11.3 Å². The molecule has 1 atom stereocenters. The van der Waals surface area contributed by atoms with Crippen molar-refractivity contribution >= 4 is 23.2 Å². The molecule has 3 rings (SSSR count). The van der Waals surface area contributed by atoms with Gasteiger partial charge in [-0.1, -0.05) is 0 Å². The summed E-state index contributed by atoms with van der Waals surface area (Å²) in [6, 6.07) is 1.94. The van der Waals surface area contributed by atoms with E-state index in [1.165, 1.54) is 11.3 Å². The molecular weight excluding hydrogens is 324 g/mol. The number of likely N-dealkylation sites (tertiary alicyclic amines) is 1. The molecule has 0 spiro atoms. The Labute approximate surface area is 145 Å². The van der Waals surface area contributed by atoms with Gasteiger partial charge in [-0.25, -0.2) is 4.98 Å². The van der Waals surface area contributed by atoms with Gasteiger partial charge >= 0.3 is 0 Å². The second-order valence-electron chi connectivity index (χ2n) is 6.09. The molecule has 128 valence electrons. The fourth-order valence-electron chi connectivity index (χ4n) is 3.20. The Hall–Kier alpha value is -2.15. The first-order valence-electron chi connectivity index (χ1n) is 8.12. The smallest absolute Gasteiger partial charge is 0.254 e. The molecule has 2 aromatic heterocycles. The number of nitrogens with zero attached hydrogens (tertiary/aromatic N) is 4. The molecule has 1 saturated heterocycles. The van der Waals surface area contributed by atoms with E-state index in [0.717, 1.165) is 24.4 Å². The van der Waals surface area contributed by atoms with E-state index in [1.54, 1.807) is 13.1 Å². The zero-order valence-corrected chi connectivity index (χ0v) is 14.8. The molecule has 6 nitrogen and oxygen atoms in total. The van der Waals surface area contributed by atoms with Crippen molar-refractivity contribution in [3.8, 4) is 0 Å². The zero-order valence-electron chi connectivity index (χ0n) is 14.0. The van der Waals surface area contributed by atoms with Crippen LogP contribution in [0.2, 0.25) is 0 Å². The van der Waals surface area contributed by atoms with Crippen LogP contribution in [0.1, 0.15) is 29.5 Å². The van der Waals surface area contributed by atoms with Crippen LogP contribution in [0.25, 0.3) is 0 Å². The Kier molecular flexibility index (Phi) is 4.99. The van der Waals surface area contributed by atoms with Crippen LogP contribution in [0.3, 0.4) is 0 Å². The van der Waals surface area contributed by atoms with E-state index in [2.05, 4.69) is 4.98 Å². The zero-order chi connectivity index (χ0) is 17.1. The van der Waals surface area contributed by atoms with E-state index >= 15 is 0 Å². The van der Waals surface area contributed by atoms with Gasteiger partial charge in [0.15, 0.2) is 0 Å². The molecule has 0 aromatic carbocycles. The summed E-state index contributed by atoms with van der Waals surface area (Å²) in [4.78, 5) is 32.5. The molecule has 3 heterocycles. The van der Waals surface area contributed by atoms with Gasteiger partial charge in [0.1, 0.15) is 5.82 Å². The number of aromatic nitrogens is 2. The van der Waals surface area contributed by atoms with E-state index in [1.807, 2.05) is 44.3 Å². The molecule has 0 N–H and O–H groups in total. The summed E-state index contributed by atoms with van der Waals surface area (Å²) in [6.07, 6.45) is 4.53. The lowest BCUT2D eigenvalue weighted by atomic mass is 10.2. The fourth-order valence-corrected chi connectivity index (χ4v) is 3.83. The van der Waals surface area contributed by atoms with Crippen LogP contribution < -0.4 is 0 Å². The minimum atomic E-state index is 0.0580. The molecule has 24 heavy (non-hydrogen) atoms. The van der Waals surface area contributed by atoms with Crippen LogP contribution in [0.5, 0.6) is 0 Å². The number of aryl methyl sites for hydroxylation is 1. The SMILES string of the molecule is CC(=O)N(CCn1ccnc1C)C1CCN(C(=O)c2ccsc2)C1. The molecule has 0 aliphatic carbocycles. The summed E-state index contributed by atoms with van der Waals surface area (Å²) in [5, 5.41) is 3.79. The maximum atomic E-state index is 12.5. The van der Waals surface area contributed by atoms with Crippen molar-refractivity contribution in [1.82, 2.24) is 19.4 Å². The molecule has 0 radical (unpaired) electrons. The third-order valence-electron chi connectivity index (χ3n) is 4.57. The van der Waals surface area contributed by atoms with Gasteiger partial charge in [0.05, 0.1) is 11.6 Å². The van der Waals surface area contributed by atoms with Gasteiger partial charge in [-0.3, -0.25) is 9.59 Å². The van der Waals surface area contributed by atoms with Crippen LogP contribution in [0, 0.1) is 6.92 Å². The molecule has 2 amide bonds. The van der Waals surface area contributed by atoms with Crippen molar-refractivity contribution in [2.45, 2.75) is 32.9 Å². The predicted molar refractivity (Wildman–Crippen MR) is 93.0 cm³/mol. The van der Waals surface area contributed by atoms with Crippen molar-refractivity contribution in [1.29, 1.82) is 0 Å². The summed E-state index contributed by atoms with van der Waals surface area (Å²) < 4.78 is 2.04. The van der Waals surface area contributed by atoms with Crippen LogP contribution in [-0.2, 0) is 11.3 Å². The second kappa shape index (κ2) is 7.17. The number of hydrogen-bond acceptors (Lipinski definition) is 4. The van der Waals surface area contributed by atoms with Crippen molar-refractivity contribution in [2.24, 2.45) is 0 Å². The molecule has 1 unspecified atom stereocenters. The van der Waals surface area contributed by atoms with Crippen molar-refractivity contribution < 1.29 is 9.59 Å². The highest BCUT2D eigenvalue weighted by Gasteiger charge is 2.32. The van der Waals surface area contributed by atoms with Crippen molar-refractivity contribution in [3.05, 3.63) is 40.6 Å². The Bertz CT molecular complexity index is 710. The van der Waals surface area contributed by atoms with E-state index in [9.17, 15) is 9.59 Å². The molecule has 2 aromatic rings. The minimum Gasteiger partial charge on any atom is -0.336 e. The largest absolute Gasteiger partial charge is 0.336 e. The molecule has 1 fully saturated rings. The van der Waals surface area contributed by atoms with E-state index < -0.39 is 0 Å². The summed E-state index contributed by atoms with van der Waals surface area (Å²) >= 11 is 1.53. The number of imidazole rings is 1. The Morgan fingerprint density at radius 3 is 2.92 bits per heavy atom. The number of carbonyl (C=O) groups is 2. The number of amides is 2. The number of rotatable bonds is 5. The maximum Gasteiger partial charge on any atom is 0.254 e. The predicted octanol–water partition coefficient (Wildman–Crippen LogP) is 2.02. The molecule has 7 heteroatoms. The average molecular weight is 346 g/mol. The monoisotopic (exact) mass is 346 g/mol. The van der Waals surface area contributed by atoms with E-state index in [4.69, 9.17) is 0 Å². The minimum absolute atomic E-state index is 0.0580. The van der Waals surface area contributed by atoms with Crippen molar-refractivity contribution in [2.75, 3.05) is 19.6 Å². The fraction of sp³-hybridized carbons (Fsp3) is 0.471. The number of hydrogen-bond donors (Lipinski definition) is 0. The van der Waals surface area contributed by atoms with E-state index in [-0.39, 0.29) is 17.9 Å². The first kappa shape index (κ1) is 16.7. The third-order valence-corrected chi connectivity index (χ3v) is 5.25. The second-order valence-corrected chi connectivity index (χ2v) is 6.87. The Morgan fingerprint density at radius 1 is 1.46 bits per heavy atom. The third kappa shape index (κ3) is 3.51. The Morgan fingerprint density at radius 2 is 2.29 bits per heavy atom. The van der Waals surface area contributed by atoms with Gasteiger partial charge in [-0.05, 0) is 24.8 Å². The summed E-state index contributed by atoms with van der Waals surface area (Å²) in [5.74, 6) is 1.06. The number of thiophene rings is 1. The van der Waals surface area contributed by atoms with Gasteiger partial charge in [0, 0.05) is 50.9 Å². The van der Waals surface area contributed by atoms with Gasteiger partial charge in [-0.15, -0.1) is 0 Å². The lowest BCUT2D eigenvalue weighted by Gasteiger charge is -2.28. The van der Waals surface area contributed by atoms with Gasteiger partial charge in [0.25, 0.3) is 5.91 Å². The summed E-state index contributed by atoms with van der Waals surface area (Å²) in [7, 11) is 0. The maximum absolute atomic E-state index is 12.5. The van der Waals surface area contributed by atoms with Crippen molar-refractivity contribution in [3.63, 3.8) is 0 Å². The number of carbonyl (C=O) groups excluding carboxylic acids is 2. The van der Waals surface area contributed by atoms with Crippen LogP contribution >= 0.6 is 11.3 Å².